The van der Waals surface area contributed by atoms with Crippen LogP contribution in [0.15, 0.2) is 12.2 Å². The van der Waals surface area contributed by atoms with Gasteiger partial charge in [0, 0.05) is 6.04 Å². The first-order chi connectivity index (χ1) is 6.75. The number of carbonyl (C=O) groups excluding carboxylic acids is 1. The van der Waals surface area contributed by atoms with Gasteiger partial charge in [0.25, 0.3) is 0 Å². The van der Waals surface area contributed by atoms with Gasteiger partial charge in [-0.2, -0.15) is 22.0 Å². The van der Waals surface area contributed by atoms with Crippen molar-refractivity contribution in [1.82, 2.24) is 5.32 Å². The van der Waals surface area contributed by atoms with E-state index in [1.54, 1.807) is 17.5 Å². The van der Waals surface area contributed by atoms with Gasteiger partial charge in [-0.3, -0.25) is 4.79 Å². The van der Waals surface area contributed by atoms with Crippen LogP contribution in [-0.4, -0.2) is 24.0 Å². The molecule has 0 heterocycles. The number of hydrogen-bond acceptors (Lipinski definition) is 1. The highest BCUT2D eigenvalue weighted by Gasteiger charge is 2.63. The molecule has 0 aromatic heterocycles. The first-order valence-corrected chi connectivity index (χ1v) is 4.15. The van der Waals surface area contributed by atoms with Crippen molar-refractivity contribution < 1.29 is 26.7 Å². The van der Waals surface area contributed by atoms with Crippen LogP contribution in [0.4, 0.5) is 22.0 Å². The molecule has 1 amide bonds. The Morgan fingerprint density at radius 2 is 1.60 bits per heavy atom. The number of rotatable bonds is 2. The number of halogens is 5. The molecule has 86 valence electrons. The summed E-state index contributed by atoms with van der Waals surface area (Å²) >= 11 is 0. The summed E-state index contributed by atoms with van der Waals surface area (Å²) in [6, 6.07) is -0.661. The summed E-state index contributed by atoms with van der Waals surface area (Å²) in [4.78, 5) is 10.7. The lowest BCUT2D eigenvalue weighted by atomic mass is 10.2. The quantitative estimate of drug-likeness (QED) is 0.569. The normalized spacial score (nSPS) is 18.2. The molecule has 15 heavy (non-hydrogen) atoms. The third kappa shape index (κ3) is 2.45. The molecule has 0 bridgehead atoms. The summed E-state index contributed by atoms with van der Waals surface area (Å²) in [5.74, 6) is -7.61. The van der Waals surface area contributed by atoms with Crippen molar-refractivity contribution in [3.8, 4) is 0 Å². The smallest absolute Gasteiger partial charge is 0.347 e. The number of amides is 1. The molecule has 0 aromatic carbocycles. The van der Waals surface area contributed by atoms with Gasteiger partial charge in [0.2, 0.25) is 0 Å². The van der Waals surface area contributed by atoms with Crippen molar-refractivity contribution >= 4 is 5.91 Å². The molecule has 0 unspecified atom stereocenters. The van der Waals surface area contributed by atoms with Gasteiger partial charge in [-0.25, -0.2) is 0 Å². The van der Waals surface area contributed by atoms with Crippen LogP contribution < -0.4 is 5.32 Å². The van der Waals surface area contributed by atoms with Crippen molar-refractivity contribution in [2.45, 2.75) is 31.0 Å². The third-order valence-corrected chi connectivity index (χ3v) is 1.98. The van der Waals surface area contributed by atoms with Crippen molar-refractivity contribution in [3.63, 3.8) is 0 Å². The predicted octanol–water partition coefficient (Wildman–Crippen LogP) is 2.02. The molecule has 2 nitrogen and oxygen atoms in total. The van der Waals surface area contributed by atoms with E-state index >= 15 is 0 Å². The summed E-state index contributed by atoms with van der Waals surface area (Å²) in [6.07, 6.45) is -2.07. The molecule has 0 spiro atoms. The Balaban J connectivity index is 2.59. The average molecular weight is 229 g/mol. The fraction of sp³-hybridized carbons (Fsp3) is 0.625. The Labute approximate surface area is 82.1 Å². The minimum Gasteiger partial charge on any atom is -0.347 e. The van der Waals surface area contributed by atoms with E-state index in [0.29, 0.717) is 0 Å². The van der Waals surface area contributed by atoms with Crippen LogP contribution in [0, 0.1) is 0 Å². The van der Waals surface area contributed by atoms with Gasteiger partial charge in [0.1, 0.15) is 0 Å². The van der Waals surface area contributed by atoms with Crippen LogP contribution in [0.5, 0.6) is 0 Å². The Morgan fingerprint density at radius 1 is 1.13 bits per heavy atom. The number of alkyl halides is 5. The van der Waals surface area contributed by atoms with Gasteiger partial charge >= 0.3 is 18.0 Å². The van der Waals surface area contributed by atoms with Gasteiger partial charge < -0.3 is 5.32 Å². The van der Waals surface area contributed by atoms with Crippen LogP contribution in [0.25, 0.3) is 0 Å². The van der Waals surface area contributed by atoms with Crippen molar-refractivity contribution in [3.05, 3.63) is 12.2 Å². The Morgan fingerprint density at radius 3 is 2.00 bits per heavy atom. The molecule has 0 aromatic rings. The second-order valence-electron chi connectivity index (χ2n) is 3.19. The molecule has 0 aliphatic heterocycles. The standard InChI is InChI=1S/C8H8F5NO/c9-7(10,8(11,12)13)6(15)14-5-3-1-2-4-5/h1-2,5H,3-4H2,(H,14,15). The van der Waals surface area contributed by atoms with Gasteiger partial charge in [0.05, 0.1) is 0 Å². The topological polar surface area (TPSA) is 29.1 Å². The molecule has 0 fully saturated rings. The minimum absolute atomic E-state index is 0.277. The maximum Gasteiger partial charge on any atom is 0.463 e. The van der Waals surface area contributed by atoms with E-state index < -0.39 is 24.0 Å². The van der Waals surface area contributed by atoms with E-state index in [1.165, 1.54) is 0 Å². The van der Waals surface area contributed by atoms with E-state index in [4.69, 9.17) is 0 Å². The van der Waals surface area contributed by atoms with E-state index in [1.807, 2.05) is 0 Å². The summed E-state index contributed by atoms with van der Waals surface area (Å²) in [5.41, 5.74) is 0. The monoisotopic (exact) mass is 229 g/mol. The Bertz CT molecular complexity index is 275. The highest BCUT2D eigenvalue weighted by molar-refractivity contribution is 5.84. The summed E-state index contributed by atoms with van der Waals surface area (Å²) in [5, 5.41) is 1.65. The van der Waals surface area contributed by atoms with Gasteiger partial charge in [0.15, 0.2) is 0 Å². The molecular weight excluding hydrogens is 221 g/mol. The maximum atomic E-state index is 12.4. The first-order valence-electron chi connectivity index (χ1n) is 4.15. The lowest BCUT2D eigenvalue weighted by Gasteiger charge is -2.21. The average Bonchev–Trinajstić information content (AvgIpc) is 2.54. The van der Waals surface area contributed by atoms with Crippen molar-refractivity contribution in [2.24, 2.45) is 0 Å². The second-order valence-corrected chi connectivity index (χ2v) is 3.19. The largest absolute Gasteiger partial charge is 0.463 e. The van der Waals surface area contributed by atoms with Crippen LogP contribution in [0.3, 0.4) is 0 Å². The zero-order valence-electron chi connectivity index (χ0n) is 7.44. The summed E-state index contributed by atoms with van der Waals surface area (Å²) < 4.78 is 60.0. The van der Waals surface area contributed by atoms with Gasteiger partial charge in [-0.1, -0.05) is 12.2 Å². The molecule has 1 rings (SSSR count). The molecule has 7 heteroatoms. The zero-order valence-corrected chi connectivity index (χ0v) is 7.44. The fourth-order valence-electron chi connectivity index (χ4n) is 1.14. The highest BCUT2D eigenvalue weighted by atomic mass is 19.4. The Kier molecular flexibility index (Phi) is 3.01. The third-order valence-electron chi connectivity index (χ3n) is 1.98. The zero-order chi connectivity index (χ0) is 11.7. The Hall–Kier alpha value is -1.14. The molecule has 0 radical (unpaired) electrons. The molecule has 1 N–H and O–H groups in total. The highest BCUT2D eigenvalue weighted by Crippen LogP contribution is 2.35. The summed E-state index contributed by atoms with van der Waals surface area (Å²) in [6.45, 7) is 0. The van der Waals surface area contributed by atoms with E-state index in [2.05, 4.69) is 0 Å². The molecular formula is C8H8F5NO. The van der Waals surface area contributed by atoms with Crippen LogP contribution in [0.2, 0.25) is 0 Å². The molecule has 0 saturated carbocycles. The van der Waals surface area contributed by atoms with Crippen LogP contribution >= 0.6 is 0 Å². The van der Waals surface area contributed by atoms with Crippen LogP contribution in [0.1, 0.15) is 12.8 Å². The lowest BCUT2D eigenvalue weighted by molar-refractivity contribution is -0.270. The summed E-state index contributed by atoms with van der Waals surface area (Å²) in [7, 11) is 0. The fourth-order valence-corrected chi connectivity index (χ4v) is 1.14. The van der Waals surface area contributed by atoms with E-state index in [9.17, 15) is 26.7 Å². The van der Waals surface area contributed by atoms with E-state index in [-0.39, 0.29) is 12.8 Å². The van der Waals surface area contributed by atoms with E-state index in [0.717, 1.165) is 0 Å². The van der Waals surface area contributed by atoms with Gasteiger partial charge in [-0.15, -0.1) is 0 Å². The molecule has 1 aliphatic carbocycles. The SMILES string of the molecule is O=C(NC1CC=CC1)C(F)(F)C(F)(F)F. The minimum atomic E-state index is -5.84. The first kappa shape index (κ1) is 11.9. The predicted molar refractivity (Wildman–Crippen MR) is 41.3 cm³/mol. The van der Waals surface area contributed by atoms with Crippen molar-refractivity contribution in [2.75, 3.05) is 0 Å². The number of carbonyl (C=O) groups is 1. The van der Waals surface area contributed by atoms with Crippen molar-refractivity contribution in [1.29, 1.82) is 0 Å². The number of nitrogens with one attached hydrogen (secondary N) is 1. The number of hydrogen-bond donors (Lipinski definition) is 1. The lowest BCUT2D eigenvalue weighted by Crippen LogP contribution is -2.52. The molecule has 0 atom stereocenters. The second kappa shape index (κ2) is 3.79. The maximum absolute atomic E-state index is 12.4. The molecule has 0 saturated heterocycles. The van der Waals surface area contributed by atoms with Gasteiger partial charge in [-0.05, 0) is 12.8 Å². The molecule has 1 aliphatic rings. The van der Waals surface area contributed by atoms with Crippen LogP contribution in [-0.2, 0) is 4.79 Å².